The summed E-state index contributed by atoms with van der Waals surface area (Å²) in [7, 11) is 0. The third-order valence-electron chi connectivity index (χ3n) is 3.65. The SMILES string of the molecule is Cc1cccc(C(N)Cc2ccnc3ccccc23)c1. The van der Waals surface area contributed by atoms with Crippen LogP contribution in [-0.2, 0) is 6.42 Å². The van der Waals surface area contributed by atoms with Gasteiger partial charge in [0, 0.05) is 17.6 Å². The Balaban J connectivity index is 1.93. The van der Waals surface area contributed by atoms with E-state index in [2.05, 4.69) is 48.3 Å². The molecule has 0 aliphatic heterocycles. The minimum absolute atomic E-state index is 0.0145. The van der Waals surface area contributed by atoms with Gasteiger partial charge in [-0.25, -0.2) is 0 Å². The maximum absolute atomic E-state index is 6.37. The Morgan fingerprint density at radius 1 is 1.05 bits per heavy atom. The molecule has 0 amide bonds. The minimum Gasteiger partial charge on any atom is -0.324 e. The highest BCUT2D eigenvalue weighted by Gasteiger charge is 2.09. The standard InChI is InChI=1S/C18H18N2/c1-13-5-4-6-15(11-13)17(19)12-14-9-10-20-18-8-3-2-7-16(14)18/h2-11,17H,12,19H2,1H3. The molecule has 1 unspecified atom stereocenters. The number of hydrogen-bond acceptors (Lipinski definition) is 2. The van der Waals surface area contributed by atoms with Crippen molar-refractivity contribution in [3.63, 3.8) is 0 Å². The Bertz CT molecular complexity index is 729. The summed E-state index contributed by atoms with van der Waals surface area (Å²) in [6, 6.07) is 18.7. The van der Waals surface area contributed by atoms with E-state index in [1.165, 1.54) is 22.1 Å². The quantitative estimate of drug-likeness (QED) is 0.780. The number of aromatic nitrogens is 1. The summed E-state index contributed by atoms with van der Waals surface area (Å²) in [5.41, 5.74) is 11.1. The Labute approximate surface area is 119 Å². The van der Waals surface area contributed by atoms with Gasteiger partial charge in [-0.3, -0.25) is 4.98 Å². The third-order valence-corrected chi connectivity index (χ3v) is 3.65. The molecule has 0 spiro atoms. The molecule has 1 atom stereocenters. The number of nitrogens with zero attached hydrogens (tertiary/aromatic N) is 1. The van der Waals surface area contributed by atoms with Crippen LogP contribution in [0.2, 0.25) is 0 Å². The van der Waals surface area contributed by atoms with Gasteiger partial charge in [0.15, 0.2) is 0 Å². The summed E-state index contributed by atoms with van der Waals surface area (Å²) >= 11 is 0. The van der Waals surface area contributed by atoms with Crippen LogP contribution in [0.25, 0.3) is 10.9 Å². The molecule has 0 fully saturated rings. The Hall–Kier alpha value is -2.19. The number of fused-ring (bicyclic) bond motifs is 1. The van der Waals surface area contributed by atoms with Crippen molar-refractivity contribution in [1.29, 1.82) is 0 Å². The van der Waals surface area contributed by atoms with Gasteiger partial charge in [-0.05, 0) is 36.6 Å². The molecule has 2 nitrogen and oxygen atoms in total. The molecule has 1 heterocycles. The van der Waals surface area contributed by atoms with Crippen molar-refractivity contribution < 1.29 is 0 Å². The normalized spacial score (nSPS) is 12.5. The zero-order chi connectivity index (χ0) is 13.9. The largest absolute Gasteiger partial charge is 0.324 e. The lowest BCUT2D eigenvalue weighted by atomic mass is 9.96. The molecule has 0 saturated heterocycles. The van der Waals surface area contributed by atoms with E-state index in [9.17, 15) is 0 Å². The maximum Gasteiger partial charge on any atom is 0.0704 e. The predicted molar refractivity (Wildman–Crippen MR) is 83.6 cm³/mol. The van der Waals surface area contributed by atoms with Gasteiger partial charge in [0.1, 0.15) is 0 Å². The van der Waals surface area contributed by atoms with Crippen LogP contribution in [0, 0.1) is 6.92 Å². The van der Waals surface area contributed by atoms with Crippen LogP contribution < -0.4 is 5.73 Å². The first-order valence-electron chi connectivity index (χ1n) is 6.89. The fraction of sp³-hybridized carbons (Fsp3) is 0.167. The van der Waals surface area contributed by atoms with Crippen molar-refractivity contribution >= 4 is 10.9 Å². The van der Waals surface area contributed by atoms with Gasteiger partial charge in [0.25, 0.3) is 0 Å². The average molecular weight is 262 g/mol. The molecule has 20 heavy (non-hydrogen) atoms. The molecule has 2 aromatic carbocycles. The summed E-state index contributed by atoms with van der Waals surface area (Å²) in [5, 5.41) is 1.19. The molecule has 1 aromatic heterocycles. The lowest BCUT2D eigenvalue weighted by Gasteiger charge is -2.14. The first-order valence-corrected chi connectivity index (χ1v) is 6.89. The van der Waals surface area contributed by atoms with Gasteiger partial charge in [-0.2, -0.15) is 0 Å². The Morgan fingerprint density at radius 3 is 2.75 bits per heavy atom. The number of para-hydroxylation sites is 1. The van der Waals surface area contributed by atoms with Crippen molar-refractivity contribution in [2.45, 2.75) is 19.4 Å². The second-order valence-electron chi connectivity index (χ2n) is 5.21. The molecular weight excluding hydrogens is 244 g/mol. The van der Waals surface area contributed by atoms with Crippen LogP contribution in [-0.4, -0.2) is 4.98 Å². The zero-order valence-electron chi connectivity index (χ0n) is 11.6. The van der Waals surface area contributed by atoms with Crippen molar-refractivity contribution in [1.82, 2.24) is 4.98 Å². The monoisotopic (exact) mass is 262 g/mol. The van der Waals surface area contributed by atoms with Crippen LogP contribution in [0.1, 0.15) is 22.7 Å². The number of rotatable bonds is 3. The molecular formula is C18H18N2. The van der Waals surface area contributed by atoms with E-state index in [1.807, 2.05) is 24.4 Å². The minimum atomic E-state index is 0.0145. The molecule has 3 aromatic rings. The van der Waals surface area contributed by atoms with Crippen LogP contribution in [0.5, 0.6) is 0 Å². The summed E-state index contributed by atoms with van der Waals surface area (Å²) < 4.78 is 0. The van der Waals surface area contributed by atoms with Crippen molar-refractivity contribution in [2.75, 3.05) is 0 Å². The number of aryl methyl sites for hydroxylation is 1. The van der Waals surface area contributed by atoms with Crippen LogP contribution >= 0.6 is 0 Å². The average Bonchev–Trinajstić information content (AvgIpc) is 2.47. The first-order chi connectivity index (χ1) is 9.74. The molecule has 0 saturated carbocycles. The predicted octanol–water partition coefficient (Wildman–Crippen LogP) is 3.79. The topological polar surface area (TPSA) is 38.9 Å². The molecule has 2 heteroatoms. The molecule has 0 bridgehead atoms. The Kier molecular flexibility index (Phi) is 3.48. The molecule has 0 aliphatic carbocycles. The van der Waals surface area contributed by atoms with Gasteiger partial charge in [0.2, 0.25) is 0 Å². The van der Waals surface area contributed by atoms with Gasteiger partial charge in [-0.15, -0.1) is 0 Å². The number of nitrogens with two attached hydrogens (primary N) is 1. The van der Waals surface area contributed by atoms with E-state index in [1.54, 1.807) is 0 Å². The highest BCUT2D eigenvalue weighted by Crippen LogP contribution is 2.22. The number of hydrogen-bond donors (Lipinski definition) is 1. The van der Waals surface area contributed by atoms with Gasteiger partial charge < -0.3 is 5.73 Å². The van der Waals surface area contributed by atoms with E-state index in [0.29, 0.717) is 0 Å². The van der Waals surface area contributed by atoms with E-state index in [0.717, 1.165) is 11.9 Å². The van der Waals surface area contributed by atoms with Crippen molar-refractivity contribution in [3.05, 3.63) is 77.5 Å². The molecule has 100 valence electrons. The second kappa shape index (κ2) is 5.43. The summed E-state index contributed by atoms with van der Waals surface area (Å²) in [5.74, 6) is 0. The zero-order valence-corrected chi connectivity index (χ0v) is 11.6. The molecule has 2 N–H and O–H groups in total. The van der Waals surface area contributed by atoms with E-state index in [-0.39, 0.29) is 6.04 Å². The van der Waals surface area contributed by atoms with Crippen molar-refractivity contribution in [2.24, 2.45) is 5.73 Å². The molecule has 0 radical (unpaired) electrons. The summed E-state index contributed by atoms with van der Waals surface area (Å²) in [6.45, 7) is 2.10. The van der Waals surface area contributed by atoms with Crippen LogP contribution in [0.4, 0.5) is 0 Å². The summed E-state index contributed by atoms with van der Waals surface area (Å²) in [6.07, 6.45) is 2.69. The molecule has 3 rings (SSSR count). The highest BCUT2D eigenvalue weighted by molar-refractivity contribution is 5.81. The fourth-order valence-electron chi connectivity index (χ4n) is 2.59. The van der Waals surface area contributed by atoms with Gasteiger partial charge >= 0.3 is 0 Å². The van der Waals surface area contributed by atoms with E-state index < -0.39 is 0 Å². The lowest BCUT2D eigenvalue weighted by molar-refractivity contribution is 0.724. The molecule has 0 aliphatic rings. The smallest absolute Gasteiger partial charge is 0.0704 e. The fourth-order valence-corrected chi connectivity index (χ4v) is 2.59. The van der Waals surface area contributed by atoms with Crippen LogP contribution in [0.15, 0.2) is 60.8 Å². The summed E-state index contributed by atoms with van der Waals surface area (Å²) in [4.78, 5) is 4.40. The van der Waals surface area contributed by atoms with E-state index >= 15 is 0 Å². The number of pyridine rings is 1. The highest BCUT2D eigenvalue weighted by atomic mass is 14.7. The second-order valence-corrected chi connectivity index (χ2v) is 5.21. The van der Waals surface area contributed by atoms with Crippen molar-refractivity contribution in [3.8, 4) is 0 Å². The van der Waals surface area contributed by atoms with Gasteiger partial charge in [-0.1, -0.05) is 48.0 Å². The number of benzene rings is 2. The van der Waals surface area contributed by atoms with Gasteiger partial charge in [0.05, 0.1) is 5.52 Å². The lowest BCUT2D eigenvalue weighted by Crippen LogP contribution is -2.13. The third kappa shape index (κ3) is 2.56. The maximum atomic E-state index is 6.37. The van der Waals surface area contributed by atoms with E-state index in [4.69, 9.17) is 5.73 Å². The Morgan fingerprint density at radius 2 is 1.90 bits per heavy atom. The first kappa shape index (κ1) is 12.8. The van der Waals surface area contributed by atoms with Crippen LogP contribution in [0.3, 0.4) is 0 Å².